The topological polar surface area (TPSA) is 114 Å². The molecule has 1 heterocycles. The first kappa shape index (κ1) is 25.5. The largest absolute Gasteiger partial charge is 0.504 e. The van der Waals surface area contributed by atoms with Crippen LogP contribution in [-0.2, 0) is 9.59 Å². The maximum Gasteiger partial charge on any atom is 0.415 e. The van der Waals surface area contributed by atoms with Gasteiger partial charge in [0.05, 0.1) is 20.6 Å². The monoisotopic (exact) mass is 480 g/mol. The summed E-state index contributed by atoms with van der Waals surface area (Å²) >= 11 is 0. The van der Waals surface area contributed by atoms with Crippen molar-refractivity contribution in [2.75, 3.05) is 40.4 Å². The van der Waals surface area contributed by atoms with E-state index in [0.717, 1.165) is 0 Å². The number of ether oxygens (including phenoxy) is 3. The van der Waals surface area contributed by atoms with Gasteiger partial charge in [0.1, 0.15) is 0 Å². The Bertz CT molecular complexity index is 1130. The molecule has 9 nitrogen and oxygen atoms in total. The standard InChI is InChI=1S/C26H28N2O7/c1-33-24-15-18(5-9-22(24)31)3-7-20(29)17-21(30)8-4-19-6-10-23(25(16-19)34-2)35-26(32)28-13-11-27-12-14-28/h3-10,15-16,27,31H,11-14,17H2,1-2H3/b7-3+,8-4+. The minimum Gasteiger partial charge on any atom is -0.504 e. The molecule has 0 atom stereocenters. The number of allylic oxidation sites excluding steroid dienone is 2. The maximum atomic E-state index is 12.3. The first-order valence-electron chi connectivity index (χ1n) is 11.0. The Morgan fingerprint density at radius 3 is 2.06 bits per heavy atom. The van der Waals surface area contributed by atoms with Crippen LogP contribution in [0.3, 0.4) is 0 Å². The number of nitrogens with one attached hydrogen (secondary N) is 1. The molecule has 1 aliphatic rings. The van der Waals surface area contributed by atoms with E-state index in [2.05, 4.69) is 5.32 Å². The summed E-state index contributed by atoms with van der Waals surface area (Å²) in [6.45, 7) is 2.57. The number of aromatic hydroxyl groups is 1. The fourth-order valence-corrected chi connectivity index (χ4v) is 3.34. The number of benzene rings is 2. The van der Waals surface area contributed by atoms with E-state index >= 15 is 0 Å². The van der Waals surface area contributed by atoms with Crippen LogP contribution in [0.15, 0.2) is 48.6 Å². The summed E-state index contributed by atoms with van der Waals surface area (Å²) in [7, 11) is 2.90. The number of carbonyl (C=O) groups is 3. The average Bonchev–Trinajstić information content (AvgIpc) is 2.88. The number of phenolic OH excluding ortho intramolecular Hbond substituents is 1. The molecule has 3 rings (SSSR count). The molecule has 0 unspecified atom stereocenters. The number of carbonyl (C=O) groups excluding carboxylic acids is 3. The second-order valence-corrected chi connectivity index (χ2v) is 7.72. The molecule has 1 saturated heterocycles. The van der Waals surface area contributed by atoms with Crippen molar-refractivity contribution in [2.45, 2.75) is 6.42 Å². The molecule has 0 radical (unpaired) electrons. The lowest BCUT2D eigenvalue weighted by atomic mass is 10.1. The quantitative estimate of drug-likeness (QED) is 0.416. The highest BCUT2D eigenvalue weighted by Gasteiger charge is 2.19. The predicted molar refractivity (Wildman–Crippen MR) is 131 cm³/mol. The van der Waals surface area contributed by atoms with E-state index in [9.17, 15) is 19.5 Å². The molecule has 0 aromatic heterocycles. The van der Waals surface area contributed by atoms with E-state index in [0.29, 0.717) is 48.8 Å². The van der Waals surface area contributed by atoms with E-state index in [-0.39, 0.29) is 29.5 Å². The van der Waals surface area contributed by atoms with Gasteiger partial charge < -0.3 is 29.5 Å². The molecule has 1 amide bonds. The third-order valence-electron chi connectivity index (χ3n) is 5.24. The predicted octanol–water partition coefficient (Wildman–Crippen LogP) is 3.07. The summed E-state index contributed by atoms with van der Waals surface area (Å²) in [4.78, 5) is 38.3. The number of rotatable bonds is 9. The van der Waals surface area contributed by atoms with Crippen LogP contribution in [0.5, 0.6) is 23.0 Å². The molecule has 184 valence electrons. The van der Waals surface area contributed by atoms with Crippen molar-refractivity contribution in [2.24, 2.45) is 0 Å². The lowest BCUT2D eigenvalue weighted by Crippen LogP contribution is -2.47. The zero-order valence-electron chi connectivity index (χ0n) is 19.7. The molecule has 2 aromatic rings. The van der Waals surface area contributed by atoms with Gasteiger partial charge in [-0.05, 0) is 47.5 Å². The number of hydrogen-bond acceptors (Lipinski definition) is 8. The Morgan fingerprint density at radius 1 is 0.886 bits per heavy atom. The summed E-state index contributed by atoms with van der Waals surface area (Å²) in [6, 6.07) is 9.60. The third kappa shape index (κ3) is 7.44. The summed E-state index contributed by atoms with van der Waals surface area (Å²) in [5, 5.41) is 12.8. The summed E-state index contributed by atoms with van der Waals surface area (Å²) in [6.07, 6.45) is 5.00. The molecule has 0 saturated carbocycles. The third-order valence-corrected chi connectivity index (χ3v) is 5.24. The molecular formula is C26H28N2O7. The normalized spacial score (nSPS) is 13.7. The highest BCUT2D eigenvalue weighted by atomic mass is 16.6. The van der Waals surface area contributed by atoms with Crippen molar-refractivity contribution in [1.29, 1.82) is 0 Å². The minimum atomic E-state index is -0.444. The Balaban J connectivity index is 1.56. The SMILES string of the molecule is COc1cc(/C=C/C(=O)CC(=O)/C=C/c2ccc(OC(=O)N3CCNCC3)c(OC)c2)ccc1O. The van der Waals surface area contributed by atoms with E-state index in [1.165, 1.54) is 32.4 Å². The van der Waals surface area contributed by atoms with Gasteiger partial charge in [-0.1, -0.05) is 24.3 Å². The van der Waals surface area contributed by atoms with Gasteiger partial charge in [-0.25, -0.2) is 4.79 Å². The lowest BCUT2D eigenvalue weighted by Gasteiger charge is -2.26. The first-order valence-corrected chi connectivity index (χ1v) is 11.0. The van der Waals surface area contributed by atoms with Gasteiger partial charge in [0.25, 0.3) is 0 Å². The van der Waals surface area contributed by atoms with Crippen LogP contribution in [0.1, 0.15) is 17.5 Å². The number of hydrogen-bond donors (Lipinski definition) is 2. The zero-order valence-corrected chi connectivity index (χ0v) is 19.7. The molecule has 2 aromatic carbocycles. The van der Waals surface area contributed by atoms with Gasteiger partial charge in [-0.3, -0.25) is 9.59 Å². The molecule has 1 aliphatic heterocycles. The zero-order chi connectivity index (χ0) is 25.2. The summed E-state index contributed by atoms with van der Waals surface area (Å²) in [5.41, 5.74) is 1.30. The molecule has 2 N–H and O–H groups in total. The molecule has 0 spiro atoms. The Kier molecular flexibility index (Phi) is 9.02. The number of ketones is 2. The van der Waals surface area contributed by atoms with Crippen molar-refractivity contribution in [3.05, 3.63) is 59.7 Å². The van der Waals surface area contributed by atoms with Crippen LogP contribution in [0.2, 0.25) is 0 Å². The van der Waals surface area contributed by atoms with Crippen molar-refractivity contribution >= 4 is 29.8 Å². The van der Waals surface area contributed by atoms with Gasteiger partial charge in [0.15, 0.2) is 34.6 Å². The highest BCUT2D eigenvalue weighted by Crippen LogP contribution is 2.29. The smallest absolute Gasteiger partial charge is 0.415 e. The molecular weight excluding hydrogens is 452 g/mol. The molecule has 35 heavy (non-hydrogen) atoms. The van der Waals surface area contributed by atoms with Crippen molar-refractivity contribution in [1.82, 2.24) is 10.2 Å². The maximum absolute atomic E-state index is 12.3. The number of nitrogens with zero attached hydrogens (tertiary/aromatic N) is 1. The number of piperazine rings is 1. The number of amides is 1. The van der Waals surface area contributed by atoms with Gasteiger partial charge in [-0.2, -0.15) is 0 Å². The Labute approximate surface area is 203 Å². The fraction of sp³-hybridized carbons (Fsp3) is 0.269. The van der Waals surface area contributed by atoms with E-state index in [1.54, 1.807) is 47.4 Å². The number of phenols is 1. The van der Waals surface area contributed by atoms with Crippen LogP contribution in [0.4, 0.5) is 4.79 Å². The highest BCUT2D eigenvalue weighted by molar-refractivity contribution is 6.10. The molecule has 0 bridgehead atoms. The van der Waals surface area contributed by atoms with E-state index in [4.69, 9.17) is 14.2 Å². The Hall–Kier alpha value is -4.11. The lowest BCUT2D eigenvalue weighted by molar-refractivity contribution is -0.121. The van der Waals surface area contributed by atoms with Crippen LogP contribution in [-0.4, -0.2) is 68.1 Å². The van der Waals surface area contributed by atoms with Crippen molar-refractivity contribution < 1.29 is 33.7 Å². The summed E-state index contributed by atoms with van der Waals surface area (Å²) in [5.74, 6) is 0.199. The van der Waals surface area contributed by atoms with E-state index < -0.39 is 6.09 Å². The van der Waals surface area contributed by atoms with E-state index in [1.807, 2.05) is 0 Å². The fourth-order valence-electron chi connectivity index (χ4n) is 3.34. The van der Waals surface area contributed by atoms with Gasteiger partial charge in [0, 0.05) is 26.2 Å². The van der Waals surface area contributed by atoms with Crippen molar-refractivity contribution in [3.63, 3.8) is 0 Å². The summed E-state index contributed by atoms with van der Waals surface area (Å²) < 4.78 is 15.8. The molecule has 1 fully saturated rings. The molecule has 0 aliphatic carbocycles. The molecule has 9 heteroatoms. The minimum absolute atomic E-state index is 0.00123. The first-order chi connectivity index (χ1) is 16.9. The second kappa shape index (κ2) is 12.4. The number of methoxy groups -OCH3 is 2. The van der Waals surface area contributed by atoms with Gasteiger partial charge in [0.2, 0.25) is 0 Å². The van der Waals surface area contributed by atoms with Crippen LogP contribution in [0.25, 0.3) is 12.2 Å². The van der Waals surface area contributed by atoms with Crippen molar-refractivity contribution in [3.8, 4) is 23.0 Å². The van der Waals surface area contributed by atoms with Gasteiger partial charge >= 0.3 is 6.09 Å². The Morgan fingerprint density at radius 2 is 1.46 bits per heavy atom. The van der Waals surface area contributed by atoms with Crippen LogP contribution in [0, 0.1) is 0 Å². The second-order valence-electron chi connectivity index (χ2n) is 7.72. The average molecular weight is 481 g/mol. The van der Waals surface area contributed by atoms with Gasteiger partial charge in [-0.15, -0.1) is 0 Å². The van der Waals surface area contributed by atoms with Crippen LogP contribution < -0.4 is 19.5 Å². The van der Waals surface area contributed by atoms with Crippen LogP contribution >= 0.6 is 0 Å².